The molecule has 0 bridgehead atoms. The minimum Gasteiger partial charge on any atom is -0.349 e. The molecule has 1 amide bonds. The van der Waals surface area contributed by atoms with Gasteiger partial charge in [0.2, 0.25) is 10.0 Å². The first-order chi connectivity index (χ1) is 12.3. The molecule has 1 aromatic carbocycles. The highest BCUT2D eigenvalue weighted by Gasteiger charge is 2.31. The van der Waals surface area contributed by atoms with Gasteiger partial charge in [-0.15, -0.1) is 0 Å². The third-order valence-corrected chi connectivity index (χ3v) is 8.49. The molecule has 1 aliphatic heterocycles. The fourth-order valence-corrected chi connectivity index (χ4v) is 5.92. The topological polar surface area (TPSA) is 66.5 Å². The maximum atomic E-state index is 12.8. The van der Waals surface area contributed by atoms with Crippen molar-refractivity contribution in [2.75, 3.05) is 13.1 Å². The van der Waals surface area contributed by atoms with Crippen molar-refractivity contribution in [2.24, 2.45) is 11.8 Å². The second kappa shape index (κ2) is 7.98. The molecule has 1 aromatic rings. The van der Waals surface area contributed by atoms with Gasteiger partial charge in [-0.05, 0) is 65.2 Å². The number of benzene rings is 1. The van der Waals surface area contributed by atoms with E-state index in [1.807, 2.05) is 0 Å². The molecule has 5 nitrogen and oxygen atoms in total. The summed E-state index contributed by atoms with van der Waals surface area (Å²) in [4.78, 5) is 13.0. The number of amides is 1. The fraction of sp³-hybridized carbons (Fsp3) is 0.632. The van der Waals surface area contributed by atoms with Crippen LogP contribution in [0.3, 0.4) is 0 Å². The molecule has 1 saturated heterocycles. The standard InChI is InChI=1S/C19H27BrN2O3S/c1-13-6-5-7-18(14(13)2)21-19(23)16-12-15(8-9-17(16)20)26(24,25)22-10-3-4-11-22/h8-9,12-14,18H,3-7,10-11H2,1-2H3,(H,21,23). The SMILES string of the molecule is CC1CCCC(NC(=O)c2cc(S(=O)(=O)N3CCCC3)ccc2Br)C1C. The second-order valence-electron chi connectivity index (χ2n) is 7.60. The average molecular weight is 443 g/mol. The van der Waals surface area contributed by atoms with E-state index in [2.05, 4.69) is 35.1 Å². The monoisotopic (exact) mass is 442 g/mol. The molecule has 3 rings (SSSR count). The Hall–Kier alpha value is -0.920. The smallest absolute Gasteiger partial charge is 0.252 e. The summed E-state index contributed by atoms with van der Waals surface area (Å²) in [7, 11) is -3.53. The lowest BCUT2D eigenvalue weighted by Gasteiger charge is -2.34. The van der Waals surface area contributed by atoms with Crippen molar-refractivity contribution in [1.29, 1.82) is 0 Å². The first-order valence-corrected chi connectivity index (χ1v) is 11.6. The van der Waals surface area contributed by atoms with Gasteiger partial charge < -0.3 is 5.32 Å². The summed E-state index contributed by atoms with van der Waals surface area (Å²) in [6, 6.07) is 4.87. The minimum atomic E-state index is -3.53. The first-order valence-electron chi connectivity index (χ1n) is 9.41. The van der Waals surface area contributed by atoms with E-state index in [1.54, 1.807) is 12.1 Å². The molecule has 0 aromatic heterocycles. The molecule has 1 heterocycles. The Morgan fingerprint density at radius 1 is 1.15 bits per heavy atom. The summed E-state index contributed by atoms with van der Waals surface area (Å²) in [5.41, 5.74) is 0.385. The van der Waals surface area contributed by atoms with E-state index < -0.39 is 10.0 Å². The summed E-state index contributed by atoms with van der Waals surface area (Å²) in [6.07, 6.45) is 5.06. The molecule has 7 heteroatoms. The molecule has 1 aliphatic carbocycles. The summed E-state index contributed by atoms with van der Waals surface area (Å²) in [5, 5.41) is 3.13. The summed E-state index contributed by atoms with van der Waals surface area (Å²) < 4.78 is 27.7. The lowest BCUT2D eigenvalue weighted by Crippen LogP contribution is -2.43. The van der Waals surface area contributed by atoms with Crippen LogP contribution in [0.15, 0.2) is 27.6 Å². The van der Waals surface area contributed by atoms with Crippen LogP contribution in [0.4, 0.5) is 0 Å². The lowest BCUT2D eigenvalue weighted by molar-refractivity contribution is 0.0890. The predicted octanol–water partition coefficient (Wildman–Crippen LogP) is 3.79. The lowest BCUT2D eigenvalue weighted by atomic mass is 9.78. The van der Waals surface area contributed by atoms with Gasteiger partial charge in [0.1, 0.15) is 0 Å². The second-order valence-corrected chi connectivity index (χ2v) is 10.4. The number of hydrogen-bond acceptors (Lipinski definition) is 3. The molecule has 1 saturated carbocycles. The Morgan fingerprint density at radius 3 is 2.54 bits per heavy atom. The number of halogens is 1. The number of sulfonamides is 1. The highest BCUT2D eigenvalue weighted by atomic mass is 79.9. The van der Waals surface area contributed by atoms with Crippen molar-refractivity contribution >= 4 is 31.9 Å². The Labute approximate surface area is 164 Å². The van der Waals surface area contributed by atoms with Gasteiger partial charge in [0, 0.05) is 23.6 Å². The van der Waals surface area contributed by atoms with Crippen molar-refractivity contribution in [2.45, 2.75) is 56.9 Å². The van der Waals surface area contributed by atoms with Gasteiger partial charge in [-0.3, -0.25) is 4.79 Å². The quantitative estimate of drug-likeness (QED) is 0.770. The van der Waals surface area contributed by atoms with Crippen LogP contribution in [0, 0.1) is 11.8 Å². The van der Waals surface area contributed by atoms with Crippen LogP contribution >= 0.6 is 15.9 Å². The van der Waals surface area contributed by atoms with Gasteiger partial charge in [0.25, 0.3) is 5.91 Å². The Bertz CT molecular complexity index is 775. The molecular weight excluding hydrogens is 416 g/mol. The van der Waals surface area contributed by atoms with E-state index in [9.17, 15) is 13.2 Å². The molecule has 144 valence electrons. The molecule has 3 unspecified atom stereocenters. The maximum Gasteiger partial charge on any atom is 0.252 e. The van der Waals surface area contributed by atoms with Crippen LogP contribution in [0.1, 0.15) is 56.3 Å². The van der Waals surface area contributed by atoms with Crippen LogP contribution in [0.5, 0.6) is 0 Å². The molecule has 2 aliphatic rings. The molecule has 0 radical (unpaired) electrons. The largest absolute Gasteiger partial charge is 0.349 e. The van der Waals surface area contributed by atoms with E-state index in [4.69, 9.17) is 0 Å². The van der Waals surface area contributed by atoms with E-state index in [0.29, 0.717) is 35.0 Å². The Kier molecular flexibility index (Phi) is 6.09. The van der Waals surface area contributed by atoms with Crippen molar-refractivity contribution < 1.29 is 13.2 Å². The molecule has 26 heavy (non-hydrogen) atoms. The van der Waals surface area contributed by atoms with Crippen molar-refractivity contribution in [1.82, 2.24) is 9.62 Å². The van der Waals surface area contributed by atoms with Gasteiger partial charge in [-0.25, -0.2) is 8.42 Å². The number of rotatable bonds is 4. The third kappa shape index (κ3) is 3.99. The highest BCUT2D eigenvalue weighted by Crippen LogP contribution is 2.30. The summed E-state index contributed by atoms with van der Waals surface area (Å²) >= 11 is 3.40. The maximum absolute atomic E-state index is 12.8. The predicted molar refractivity (Wildman–Crippen MR) is 106 cm³/mol. The highest BCUT2D eigenvalue weighted by molar-refractivity contribution is 9.10. The number of carbonyl (C=O) groups is 1. The van der Waals surface area contributed by atoms with E-state index in [1.165, 1.54) is 16.8 Å². The van der Waals surface area contributed by atoms with E-state index in [-0.39, 0.29) is 16.8 Å². The number of hydrogen-bond donors (Lipinski definition) is 1. The van der Waals surface area contributed by atoms with E-state index in [0.717, 1.165) is 25.7 Å². The Morgan fingerprint density at radius 2 is 1.85 bits per heavy atom. The molecule has 3 atom stereocenters. The molecule has 1 N–H and O–H groups in total. The fourth-order valence-electron chi connectivity index (χ4n) is 3.95. The van der Waals surface area contributed by atoms with Crippen LogP contribution in [-0.2, 0) is 10.0 Å². The van der Waals surface area contributed by atoms with Crippen molar-refractivity contribution in [3.05, 3.63) is 28.2 Å². The van der Waals surface area contributed by atoms with Gasteiger partial charge in [0.05, 0.1) is 10.5 Å². The molecule has 2 fully saturated rings. The van der Waals surface area contributed by atoms with Crippen LogP contribution in [0.25, 0.3) is 0 Å². The van der Waals surface area contributed by atoms with Crippen LogP contribution in [0.2, 0.25) is 0 Å². The normalized spacial score (nSPS) is 27.4. The summed E-state index contributed by atoms with van der Waals surface area (Å²) in [6.45, 7) is 5.51. The number of carbonyl (C=O) groups excluding carboxylic acids is 1. The van der Waals surface area contributed by atoms with Gasteiger partial charge in [0.15, 0.2) is 0 Å². The zero-order valence-electron chi connectivity index (χ0n) is 15.4. The minimum absolute atomic E-state index is 0.136. The average Bonchev–Trinajstić information content (AvgIpc) is 3.14. The molecule has 0 spiro atoms. The number of nitrogens with one attached hydrogen (secondary N) is 1. The van der Waals surface area contributed by atoms with E-state index >= 15 is 0 Å². The van der Waals surface area contributed by atoms with Crippen LogP contribution in [-0.4, -0.2) is 37.8 Å². The zero-order valence-corrected chi connectivity index (χ0v) is 17.8. The van der Waals surface area contributed by atoms with Crippen molar-refractivity contribution in [3.63, 3.8) is 0 Å². The zero-order chi connectivity index (χ0) is 18.9. The number of nitrogens with zero attached hydrogens (tertiary/aromatic N) is 1. The van der Waals surface area contributed by atoms with Gasteiger partial charge >= 0.3 is 0 Å². The molecular formula is C19H27BrN2O3S. The van der Waals surface area contributed by atoms with Gasteiger partial charge in [-0.2, -0.15) is 4.31 Å². The third-order valence-electron chi connectivity index (χ3n) is 5.91. The summed E-state index contributed by atoms with van der Waals surface area (Å²) in [5.74, 6) is 0.795. The Balaban J connectivity index is 1.82. The first kappa shape index (κ1) is 19.8. The van der Waals surface area contributed by atoms with Crippen LogP contribution < -0.4 is 5.32 Å². The van der Waals surface area contributed by atoms with Crippen molar-refractivity contribution in [3.8, 4) is 0 Å². The van der Waals surface area contributed by atoms with Gasteiger partial charge in [-0.1, -0.05) is 26.7 Å².